The number of hydrogen-bond donors (Lipinski definition) is 0. The van der Waals surface area contributed by atoms with Crippen molar-refractivity contribution in [1.82, 2.24) is 4.90 Å². The first-order valence-corrected chi connectivity index (χ1v) is 7.13. The summed E-state index contributed by atoms with van der Waals surface area (Å²) in [5.74, 6) is -1.20. The van der Waals surface area contributed by atoms with Crippen molar-refractivity contribution in [2.24, 2.45) is 5.92 Å². The molecule has 19 heavy (non-hydrogen) atoms. The summed E-state index contributed by atoms with van der Waals surface area (Å²) in [4.78, 5) is 13.8. The highest BCUT2D eigenvalue weighted by Gasteiger charge is 2.51. The first kappa shape index (κ1) is 12.7. The van der Waals surface area contributed by atoms with Crippen LogP contribution in [-0.2, 0) is 11.3 Å². The zero-order chi connectivity index (χ0) is 13.5. The van der Waals surface area contributed by atoms with E-state index < -0.39 is 5.97 Å². The van der Waals surface area contributed by atoms with E-state index in [-0.39, 0.29) is 11.5 Å². The lowest BCUT2D eigenvalue weighted by atomic mass is 9.78. The Labute approximate surface area is 114 Å². The maximum absolute atomic E-state index is 11.4. The molecule has 0 radical (unpaired) electrons. The van der Waals surface area contributed by atoms with E-state index in [2.05, 4.69) is 24.0 Å². The van der Waals surface area contributed by atoms with Crippen LogP contribution in [0.5, 0.6) is 0 Å². The van der Waals surface area contributed by atoms with Gasteiger partial charge in [0.05, 0.1) is 0 Å². The SMILES string of the molecule is CC12CCC(CCC1C(=O)[O-])N2Cc1ccccc1. The van der Waals surface area contributed by atoms with Gasteiger partial charge in [-0.05, 0) is 38.2 Å². The van der Waals surface area contributed by atoms with Crippen LogP contribution >= 0.6 is 0 Å². The maximum atomic E-state index is 11.4. The van der Waals surface area contributed by atoms with E-state index in [1.165, 1.54) is 5.56 Å². The highest BCUT2D eigenvalue weighted by Crippen LogP contribution is 2.47. The molecule has 0 N–H and O–H groups in total. The fourth-order valence-electron chi connectivity index (χ4n) is 3.98. The number of hydrogen-bond acceptors (Lipinski definition) is 3. The Hall–Kier alpha value is -1.35. The molecule has 3 nitrogen and oxygen atoms in total. The largest absolute Gasteiger partial charge is 0.550 e. The summed E-state index contributed by atoms with van der Waals surface area (Å²) in [6.07, 6.45) is 3.85. The van der Waals surface area contributed by atoms with Crippen LogP contribution < -0.4 is 5.11 Å². The standard InChI is InChI=1S/C16H21NO2/c1-16-10-9-13(7-8-14(16)15(18)19)17(16)11-12-5-3-2-4-6-12/h2-6,13-14H,7-11H2,1H3,(H,18,19)/p-1. The molecule has 2 fully saturated rings. The molecule has 2 heterocycles. The summed E-state index contributed by atoms with van der Waals surface area (Å²) in [5.41, 5.74) is 1.04. The van der Waals surface area contributed by atoms with Crippen molar-refractivity contribution in [1.29, 1.82) is 0 Å². The molecule has 3 heteroatoms. The lowest BCUT2D eigenvalue weighted by molar-refractivity contribution is -0.316. The fourth-order valence-corrected chi connectivity index (χ4v) is 3.98. The van der Waals surface area contributed by atoms with Crippen molar-refractivity contribution in [3.8, 4) is 0 Å². The summed E-state index contributed by atoms with van der Waals surface area (Å²) in [7, 11) is 0. The third-order valence-electron chi connectivity index (χ3n) is 5.10. The van der Waals surface area contributed by atoms with Gasteiger partial charge >= 0.3 is 0 Å². The monoisotopic (exact) mass is 258 g/mol. The number of carboxylic acid groups (broad SMARTS) is 1. The average molecular weight is 258 g/mol. The summed E-state index contributed by atoms with van der Waals surface area (Å²) in [6.45, 7) is 2.96. The minimum Gasteiger partial charge on any atom is -0.550 e. The molecular formula is C16H20NO2-. The van der Waals surface area contributed by atoms with Gasteiger partial charge in [0, 0.05) is 30.0 Å². The Morgan fingerprint density at radius 3 is 2.74 bits per heavy atom. The van der Waals surface area contributed by atoms with E-state index in [4.69, 9.17) is 0 Å². The number of benzene rings is 1. The molecule has 102 valence electrons. The second-order valence-corrected chi connectivity index (χ2v) is 6.11. The second kappa shape index (κ2) is 4.64. The molecule has 2 aliphatic heterocycles. The number of fused-ring (bicyclic) bond motifs is 2. The summed E-state index contributed by atoms with van der Waals surface area (Å²) in [6, 6.07) is 10.9. The molecule has 0 aliphatic carbocycles. The van der Waals surface area contributed by atoms with E-state index >= 15 is 0 Å². The van der Waals surface area contributed by atoms with Gasteiger partial charge in [-0.25, -0.2) is 0 Å². The minimum atomic E-state index is -0.874. The van der Waals surface area contributed by atoms with Crippen LogP contribution in [0, 0.1) is 5.92 Å². The highest BCUT2D eigenvalue weighted by molar-refractivity contribution is 5.70. The Morgan fingerprint density at radius 1 is 1.32 bits per heavy atom. The molecule has 0 aromatic heterocycles. The topological polar surface area (TPSA) is 43.4 Å². The Morgan fingerprint density at radius 2 is 2.05 bits per heavy atom. The average Bonchev–Trinajstić information content (AvgIpc) is 2.59. The van der Waals surface area contributed by atoms with Crippen molar-refractivity contribution in [3.05, 3.63) is 35.9 Å². The van der Waals surface area contributed by atoms with Crippen molar-refractivity contribution in [2.75, 3.05) is 0 Å². The van der Waals surface area contributed by atoms with E-state index in [0.717, 1.165) is 32.2 Å². The molecule has 2 aliphatic rings. The van der Waals surface area contributed by atoms with E-state index in [9.17, 15) is 9.90 Å². The van der Waals surface area contributed by atoms with Crippen molar-refractivity contribution < 1.29 is 9.90 Å². The Balaban J connectivity index is 1.86. The van der Waals surface area contributed by atoms with E-state index in [1.54, 1.807) is 0 Å². The molecule has 2 bridgehead atoms. The molecule has 3 atom stereocenters. The van der Waals surface area contributed by atoms with Crippen LogP contribution in [0.1, 0.15) is 38.2 Å². The number of piperidine rings is 1. The fraction of sp³-hybridized carbons (Fsp3) is 0.562. The molecule has 0 spiro atoms. The molecule has 0 saturated carbocycles. The first-order chi connectivity index (χ1) is 9.11. The number of carboxylic acids is 1. The van der Waals surface area contributed by atoms with Crippen LogP contribution in [0.2, 0.25) is 0 Å². The van der Waals surface area contributed by atoms with Crippen molar-refractivity contribution >= 4 is 5.97 Å². The quantitative estimate of drug-likeness (QED) is 0.826. The van der Waals surface area contributed by atoms with Gasteiger partial charge in [0.1, 0.15) is 0 Å². The van der Waals surface area contributed by atoms with Crippen molar-refractivity contribution in [2.45, 2.75) is 50.7 Å². The van der Waals surface area contributed by atoms with Crippen LogP contribution in [0.3, 0.4) is 0 Å². The smallest absolute Gasteiger partial charge is 0.0463 e. The molecule has 1 aromatic rings. The molecule has 3 rings (SSSR count). The highest BCUT2D eigenvalue weighted by atomic mass is 16.4. The number of nitrogens with zero attached hydrogens (tertiary/aromatic N) is 1. The van der Waals surface area contributed by atoms with Crippen LogP contribution in [0.25, 0.3) is 0 Å². The normalized spacial score (nSPS) is 34.4. The van der Waals surface area contributed by atoms with Gasteiger partial charge in [-0.1, -0.05) is 30.3 Å². The summed E-state index contributed by atoms with van der Waals surface area (Å²) < 4.78 is 0. The molecule has 2 saturated heterocycles. The lowest BCUT2D eigenvalue weighted by Gasteiger charge is -2.48. The molecule has 1 aromatic carbocycles. The maximum Gasteiger partial charge on any atom is 0.0463 e. The van der Waals surface area contributed by atoms with Gasteiger partial charge in [-0.15, -0.1) is 0 Å². The molecular weight excluding hydrogens is 238 g/mol. The lowest BCUT2D eigenvalue weighted by Crippen LogP contribution is -2.58. The van der Waals surface area contributed by atoms with Crippen molar-refractivity contribution in [3.63, 3.8) is 0 Å². The number of carbonyl (C=O) groups excluding carboxylic acids is 1. The third kappa shape index (κ3) is 2.06. The number of aliphatic carboxylic acids is 1. The summed E-state index contributed by atoms with van der Waals surface area (Å²) in [5, 5.41) is 11.4. The number of carbonyl (C=O) groups is 1. The molecule has 0 amide bonds. The van der Waals surface area contributed by atoms with Crippen LogP contribution in [0.4, 0.5) is 0 Å². The van der Waals surface area contributed by atoms with Gasteiger partial charge in [0.15, 0.2) is 0 Å². The molecule has 3 unspecified atom stereocenters. The summed E-state index contributed by atoms with van der Waals surface area (Å²) >= 11 is 0. The zero-order valence-electron chi connectivity index (χ0n) is 11.3. The van der Waals surface area contributed by atoms with Crippen LogP contribution in [0.15, 0.2) is 30.3 Å². The second-order valence-electron chi connectivity index (χ2n) is 6.11. The number of rotatable bonds is 3. The Bertz CT molecular complexity index is 473. The van der Waals surface area contributed by atoms with Crippen LogP contribution in [-0.4, -0.2) is 22.4 Å². The minimum absolute atomic E-state index is 0.225. The van der Waals surface area contributed by atoms with E-state index in [1.807, 2.05) is 18.2 Å². The van der Waals surface area contributed by atoms with E-state index in [0.29, 0.717) is 6.04 Å². The Kier molecular flexibility index (Phi) is 3.09. The van der Waals surface area contributed by atoms with Gasteiger partial charge in [-0.2, -0.15) is 0 Å². The van der Waals surface area contributed by atoms with Gasteiger partial charge in [-0.3, -0.25) is 4.90 Å². The van der Waals surface area contributed by atoms with Gasteiger partial charge in [0.2, 0.25) is 0 Å². The van der Waals surface area contributed by atoms with Gasteiger partial charge < -0.3 is 9.90 Å². The zero-order valence-corrected chi connectivity index (χ0v) is 11.3. The first-order valence-electron chi connectivity index (χ1n) is 7.13. The van der Waals surface area contributed by atoms with Gasteiger partial charge in [0.25, 0.3) is 0 Å². The third-order valence-corrected chi connectivity index (χ3v) is 5.10. The predicted octanol–water partition coefficient (Wildman–Crippen LogP) is 1.57. The predicted molar refractivity (Wildman–Crippen MR) is 71.1 cm³/mol.